The van der Waals surface area contributed by atoms with Crippen LogP contribution in [0.2, 0.25) is 0 Å². The summed E-state index contributed by atoms with van der Waals surface area (Å²) >= 11 is 0. The minimum atomic E-state index is -3.21. The van der Waals surface area contributed by atoms with Crippen LogP contribution in [0.1, 0.15) is 33.1 Å². The normalized spacial score (nSPS) is 19.9. The van der Waals surface area contributed by atoms with Crippen molar-refractivity contribution in [3.8, 4) is 0 Å². The highest BCUT2D eigenvalue weighted by Crippen LogP contribution is 2.25. The molecule has 6 nitrogen and oxygen atoms in total. The molecule has 1 aliphatic heterocycles. The summed E-state index contributed by atoms with van der Waals surface area (Å²) in [5.41, 5.74) is 7.15. The number of carbonyl (C=O) groups excluding carboxylic acids is 1. The van der Waals surface area contributed by atoms with Gasteiger partial charge in [-0.1, -0.05) is 20.3 Å². The third-order valence-electron chi connectivity index (χ3n) is 4.33. The van der Waals surface area contributed by atoms with Crippen LogP contribution in [0.3, 0.4) is 0 Å². The van der Waals surface area contributed by atoms with E-state index < -0.39 is 16.1 Å². The summed E-state index contributed by atoms with van der Waals surface area (Å²) in [4.78, 5) is 12.1. The third kappa shape index (κ3) is 4.23. The predicted molar refractivity (Wildman–Crippen MR) is 92.9 cm³/mol. The van der Waals surface area contributed by atoms with Crippen molar-refractivity contribution in [3.05, 3.63) is 24.3 Å². The number of sulfonamides is 1. The van der Waals surface area contributed by atoms with Gasteiger partial charge in [0.05, 0.1) is 17.5 Å². The third-order valence-corrected chi connectivity index (χ3v) is 6.20. The zero-order valence-corrected chi connectivity index (χ0v) is 14.5. The molecule has 1 aromatic carbocycles. The van der Waals surface area contributed by atoms with Gasteiger partial charge in [-0.2, -0.15) is 0 Å². The average Bonchev–Trinajstić information content (AvgIpc) is 2.54. The van der Waals surface area contributed by atoms with Gasteiger partial charge < -0.3 is 11.1 Å². The number of nitrogens with two attached hydrogens (primary N) is 1. The number of hydrogen-bond donors (Lipinski definition) is 2. The lowest BCUT2D eigenvalue weighted by atomic mass is 9.99. The maximum atomic E-state index is 12.1. The Labute approximate surface area is 138 Å². The molecule has 1 fully saturated rings. The molecule has 1 aliphatic rings. The van der Waals surface area contributed by atoms with Crippen molar-refractivity contribution in [3.63, 3.8) is 0 Å². The summed E-state index contributed by atoms with van der Waals surface area (Å²) in [5, 5.41) is 2.78. The molecule has 0 aliphatic carbocycles. The molecule has 0 aromatic heterocycles. The number of amides is 1. The molecule has 3 N–H and O–H groups in total. The number of benzene rings is 1. The number of hydrogen-bond acceptors (Lipinski definition) is 4. The van der Waals surface area contributed by atoms with E-state index in [1.165, 1.54) is 4.31 Å². The monoisotopic (exact) mass is 339 g/mol. The second-order valence-corrected chi connectivity index (χ2v) is 8.06. The molecule has 7 heteroatoms. The molecule has 0 radical (unpaired) electrons. The first-order valence-electron chi connectivity index (χ1n) is 8.02. The van der Waals surface area contributed by atoms with Crippen LogP contribution in [0.25, 0.3) is 0 Å². The largest absolute Gasteiger partial charge is 0.325 e. The SMILES string of the molecule is CCC(C)[C@H](N)C(=O)Nc1ccc(N2CCCCS2(=O)=O)cc1. The highest BCUT2D eigenvalue weighted by Gasteiger charge is 2.26. The Morgan fingerprint density at radius 2 is 1.96 bits per heavy atom. The van der Waals surface area contributed by atoms with Crippen molar-refractivity contribution in [2.24, 2.45) is 11.7 Å². The molecular formula is C16H25N3O3S. The van der Waals surface area contributed by atoms with E-state index in [1.807, 2.05) is 13.8 Å². The van der Waals surface area contributed by atoms with E-state index in [-0.39, 0.29) is 17.6 Å². The van der Waals surface area contributed by atoms with Crippen LogP contribution < -0.4 is 15.4 Å². The molecule has 0 bridgehead atoms. The van der Waals surface area contributed by atoms with Gasteiger partial charge in [0.25, 0.3) is 0 Å². The van der Waals surface area contributed by atoms with Gasteiger partial charge in [-0.15, -0.1) is 0 Å². The smallest absolute Gasteiger partial charge is 0.241 e. The van der Waals surface area contributed by atoms with Gasteiger partial charge in [-0.05, 0) is 43.0 Å². The summed E-state index contributed by atoms with van der Waals surface area (Å²) in [5.74, 6) is 0.0698. The van der Waals surface area contributed by atoms with Crippen molar-refractivity contribution in [1.29, 1.82) is 0 Å². The lowest BCUT2D eigenvalue weighted by Crippen LogP contribution is -2.40. The van der Waals surface area contributed by atoms with Gasteiger partial charge >= 0.3 is 0 Å². The average molecular weight is 339 g/mol. The zero-order chi connectivity index (χ0) is 17.0. The molecule has 2 rings (SSSR count). The Kier molecular flexibility index (Phi) is 5.64. The maximum Gasteiger partial charge on any atom is 0.241 e. The van der Waals surface area contributed by atoms with E-state index in [0.717, 1.165) is 12.8 Å². The van der Waals surface area contributed by atoms with Crippen LogP contribution in [0.15, 0.2) is 24.3 Å². The Morgan fingerprint density at radius 3 is 2.52 bits per heavy atom. The van der Waals surface area contributed by atoms with Crippen LogP contribution in [0.5, 0.6) is 0 Å². The Morgan fingerprint density at radius 1 is 1.30 bits per heavy atom. The van der Waals surface area contributed by atoms with Crippen molar-refractivity contribution in [2.75, 3.05) is 21.9 Å². The topological polar surface area (TPSA) is 92.5 Å². The summed E-state index contributed by atoms with van der Waals surface area (Å²) in [7, 11) is -3.21. The molecule has 1 aromatic rings. The van der Waals surface area contributed by atoms with Crippen molar-refractivity contribution >= 4 is 27.3 Å². The van der Waals surface area contributed by atoms with Crippen molar-refractivity contribution in [2.45, 2.75) is 39.2 Å². The quantitative estimate of drug-likeness (QED) is 0.857. The molecule has 2 atom stereocenters. The van der Waals surface area contributed by atoms with Crippen LogP contribution >= 0.6 is 0 Å². The number of anilines is 2. The summed E-state index contributed by atoms with van der Waals surface area (Å²) < 4.78 is 25.6. The van der Waals surface area contributed by atoms with Gasteiger partial charge in [0.1, 0.15) is 0 Å². The lowest BCUT2D eigenvalue weighted by Gasteiger charge is -2.28. The summed E-state index contributed by atoms with van der Waals surface area (Å²) in [6.45, 7) is 4.44. The molecule has 0 saturated carbocycles. The summed E-state index contributed by atoms with van der Waals surface area (Å²) in [6, 6.07) is 6.30. The van der Waals surface area contributed by atoms with Crippen molar-refractivity contribution in [1.82, 2.24) is 0 Å². The van der Waals surface area contributed by atoms with Gasteiger partial charge in [0, 0.05) is 12.2 Å². The van der Waals surface area contributed by atoms with Crippen molar-refractivity contribution < 1.29 is 13.2 Å². The Bertz CT molecular complexity index is 643. The summed E-state index contributed by atoms with van der Waals surface area (Å²) in [6.07, 6.45) is 2.41. The standard InChI is InChI=1S/C16H25N3O3S/c1-3-12(2)15(17)16(20)18-13-6-8-14(9-7-13)19-10-4-5-11-23(19,21)22/h6-9,12,15H,3-5,10-11,17H2,1-2H3,(H,18,20)/t12?,15-/m0/s1. The highest BCUT2D eigenvalue weighted by atomic mass is 32.2. The number of rotatable bonds is 5. The minimum Gasteiger partial charge on any atom is -0.325 e. The number of carbonyl (C=O) groups is 1. The molecule has 1 unspecified atom stereocenters. The van der Waals surface area contributed by atoms with E-state index in [9.17, 15) is 13.2 Å². The van der Waals surface area contributed by atoms with Gasteiger partial charge in [0.2, 0.25) is 15.9 Å². The molecule has 1 saturated heterocycles. The fourth-order valence-corrected chi connectivity index (χ4v) is 4.17. The van der Waals surface area contributed by atoms with Crippen LogP contribution in [-0.2, 0) is 14.8 Å². The number of nitrogens with zero attached hydrogens (tertiary/aromatic N) is 1. The van der Waals surface area contributed by atoms with E-state index in [0.29, 0.717) is 24.3 Å². The Balaban J connectivity index is 2.06. The molecule has 1 amide bonds. The van der Waals surface area contributed by atoms with Gasteiger partial charge in [0.15, 0.2) is 0 Å². The Hall–Kier alpha value is -1.60. The molecular weight excluding hydrogens is 314 g/mol. The molecule has 0 spiro atoms. The maximum absolute atomic E-state index is 12.1. The van der Waals surface area contributed by atoms with Gasteiger partial charge in [-0.25, -0.2) is 8.42 Å². The van der Waals surface area contributed by atoms with E-state index in [4.69, 9.17) is 5.73 Å². The molecule has 1 heterocycles. The fraction of sp³-hybridized carbons (Fsp3) is 0.562. The zero-order valence-electron chi connectivity index (χ0n) is 13.7. The first-order chi connectivity index (χ1) is 10.8. The molecule has 23 heavy (non-hydrogen) atoms. The highest BCUT2D eigenvalue weighted by molar-refractivity contribution is 7.92. The second kappa shape index (κ2) is 7.31. The van der Waals surface area contributed by atoms with Crippen LogP contribution in [0, 0.1) is 5.92 Å². The van der Waals surface area contributed by atoms with E-state index in [2.05, 4.69) is 5.32 Å². The van der Waals surface area contributed by atoms with Crippen LogP contribution in [-0.4, -0.2) is 32.7 Å². The molecule has 128 valence electrons. The van der Waals surface area contributed by atoms with E-state index >= 15 is 0 Å². The number of nitrogens with one attached hydrogen (secondary N) is 1. The van der Waals surface area contributed by atoms with Gasteiger partial charge in [-0.3, -0.25) is 9.10 Å². The minimum absolute atomic E-state index is 0.104. The van der Waals surface area contributed by atoms with E-state index in [1.54, 1.807) is 24.3 Å². The predicted octanol–water partition coefficient (Wildman–Crippen LogP) is 1.93. The first-order valence-corrected chi connectivity index (χ1v) is 9.63. The second-order valence-electron chi connectivity index (χ2n) is 6.04. The first kappa shape index (κ1) is 17.7. The fourth-order valence-electron chi connectivity index (χ4n) is 2.53. The lowest BCUT2D eigenvalue weighted by molar-refractivity contribution is -0.118. The van der Waals surface area contributed by atoms with Crippen LogP contribution in [0.4, 0.5) is 11.4 Å².